The van der Waals surface area contributed by atoms with Gasteiger partial charge in [-0.15, -0.1) is 0 Å². The van der Waals surface area contributed by atoms with Gasteiger partial charge in [-0.2, -0.15) is 5.26 Å². The Kier molecular flexibility index (Phi) is 3.15. The predicted octanol–water partition coefficient (Wildman–Crippen LogP) is 3.69. The largest absolute Gasteiger partial charge is 0.369 e. The van der Waals surface area contributed by atoms with Crippen LogP contribution in [0.15, 0.2) is 34.8 Å². The summed E-state index contributed by atoms with van der Waals surface area (Å²) in [4.78, 5) is 4.25. The van der Waals surface area contributed by atoms with Gasteiger partial charge in [-0.05, 0) is 46.6 Å². The molecule has 0 aliphatic rings. The monoisotopic (exact) mass is 344 g/mol. The van der Waals surface area contributed by atoms with E-state index in [1.165, 1.54) is 6.07 Å². The van der Waals surface area contributed by atoms with Crippen LogP contribution in [-0.4, -0.2) is 9.55 Å². The molecule has 0 bridgehead atoms. The van der Waals surface area contributed by atoms with Gasteiger partial charge in [0.2, 0.25) is 5.95 Å². The zero-order chi connectivity index (χ0) is 15.1. The zero-order valence-electron chi connectivity index (χ0n) is 11.1. The van der Waals surface area contributed by atoms with Crippen LogP contribution in [0.3, 0.4) is 0 Å². The molecule has 2 aromatic carbocycles. The number of rotatable bonds is 1. The van der Waals surface area contributed by atoms with Crippen LogP contribution in [0.4, 0.5) is 10.3 Å². The molecule has 0 unspecified atom stereocenters. The van der Waals surface area contributed by atoms with Gasteiger partial charge in [0.1, 0.15) is 5.82 Å². The number of nitrogens with two attached hydrogens (primary N) is 1. The Labute approximate surface area is 128 Å². The molecule has 0 fully saturated rings. The number of aromatic nitrogens is 2. The summed E-state index contributed by atoms with van der Waals surface area (Å²) >= 11 is 3.14. The van der Waals surface area contributed by atoms with Crippen LogP contribution in [0, 0.1) is 24.1 Å². The van der Waals surface area contributed by atoms with Crippen LogP contribution in [0.1, 0.15) is 11.1 Å². The topological polar surface area (TPSA) is 67.6 Å². The maximum absolute atomic E-state index is 13.8. The van der Waals surface area contributed by atoms with Crippen molar-refractivity contribution in [3.63, 3.8) is 0 Å². The van der Waals surface area contributed by atoms with Crippen molar-refractivity contribution < 1.29 is 4.39 Å². The molecule has 4 nitrogen and oxygen atoms in total. The van der Waals surface area contributed by atoms with Gasteiger partial charge in [0.25, 0.3) is 0 Å². The van der Waals surface area contributed by atoms with Gasteiger partial charge < -0.3 is 5.73 Å². The maximum Gasteiger partial charge on any atom is 0.205 e. The molecule has 0 saturated heterocycles. The van der Waals surface area contributed by atoms with E-state index in [1.54, 1.807) is 22.8 Å². The Morgan fingerprint density at radius 1 is 1.33 bits per heavy atom. The summed E-state index contributed by atoms with van der Waals surface area (Å²) < 4.78 is 15.8. The number of fused-ring (bicyclic) bond motifs is 1. The third-order valence-electron chi connectivity index (χ3n) is 3.30. The number of benzene rings is 2. The summed E-state index contributed by atoms with van der Waals surface area (Å²) in [5.41, 5.74) is 9.27. The van der Waals surface area contributed by atoms with Gasteiger partial charge in [-0.1, -0.05) is 6.07 Å². The summed E-state index contributed by atoms with van der Waals surface area (Å²) in [5.74, 6) is -0.140. The quantitative estimate of drug-likeness (QED) is 0.731. The second-order valence-corrected chi connectivity index (χ2v) is 5.53. The highest BCUT2D eigenvalue weighted by atomic mass is 79.9. The van der Waals surface area contributed by atoms with Crippen LogP contribution in [-0.2, 0) is 0 Å². The SMILES string of the molecule is Cc1ccc(C#N)cc1-n1c(N)nc2cc(Br)c(F)cc21. The highest BCUT2D eigenvalue weighted by Crippen LogP contribution is 2.29. The van der Waals surface area contributed by atoms with Crippen molar-refractivity contribution in [2.24, 2.45) is 0 Å². The molecule has 2 N–H and O–H groups in total. The molecular weight excluding hydrogens is 335 g/mol. The van der Waals surface area contributed by atoms with Gasteiger partial charge in [-0.3, -0.25) is 4.57 Å². The number of nitriles is 1. The minimum Gasteiger partial charge on any atom is -0.369 e. The van der Waals surface area contributed by atoms with Crippen molar-refractivity contribution in [3.05, 3.63) is 51.7 Å². The van der Waals surface area contributed by atoms with Crippen molar-refractivity contribution in [1.29, 1.82) is 5.26 Å². The summed E-state index contributed by atoms with van der Waals surface area (Å²) in [5, 5.41) is 9.04. The van der Waals surface area contributed by atoms with Crippen molar-refractivity contribution in [1.82, 2.24) is 9.55 Å². The van der Waals surface area contributed by atoms with E-state index in [9.17, 15) is 4.39 Å². The lowest BCUT2D eigenvalue weighted by molar-refractivity contribution is 0.622. The molecule has 104 valence electrons. The first-order valence-corrected chi connectivity index (χ1v) is 6.94. The van der Waals surface area contributed by atoms with Gasteiger partial charge in [0.05, 0.1) is 32.8 Å². The van der Waals surface area contributed by atoms with E-state index >= 15 is 0 Å². The highest BCUT2D eigenvalue weighted by molar-refractivity contribution is 9.10. The van der Waals surface area contributed by atoms with Crippen molar-refractivity contribution in [2.75, 3.05) is 5.73 Å². The van der Waals surface area contributed by atoms with E-state index < -0.39 is 5.82 Å². The number of nitrogens with zero attached hydrogens (tertiary/aromatic N) is 3. The molecule has 1 heterocycles. The first-order valence-electron chi connectivity index (χ1n) is 6.15. The standard InChI is InChI=1S/C15H10BrFN4/c1-8-2-3-9(7-18)4-13(8)21-14-6-11(17)10(16)5-12(14)20-15(21)19/h2-6H,1H3,(H2,19,20). The molecule has 0 atom stereocenters. The first kappa shape index (κ1) is 13.6. The van der Waals surface area contributed by atoms with E-state index in [0.717, 1.165) is 11.3 Å². The fourth-order valence-corrected chi connectivity index (χ4v) is 2.60. The second kappa shape index (κ2) is 4.86. The van der Waals surface area contributed by atoms with Gasteiger partial charge in [-0.25, -0.2) is 9.37 Å². The van der Waals surface area contributed by atoms with E-state index in [-0.39, 0.29) is 5.95 Å². The predicted molar refractivity (Wildman–Crippen MR) is 82.6 cm³/mol. The van der Waals surface area contributed by atoms with E-state index in [0.29, 0.717) is 21.1 Å². The van der Waals surface area contributed by atoms with Crippen LogP contribution >= 0.6 is 15.9 Å². The first-order chi connectivity index (χ1) is 10.0. The molecular formula is C15H10BrFN4. The highest BCUT2D eigenvalue weighted by Gasteiger charge is 2.15. The Balaban J connectivity index is 2.38. The number of nitrogen functional groups attached to an aromatic ring is 1. The maximum atomic E-state index is 13.8. The summed E-state index contributed by atoms with van der Waals surface area (Å²) in [6.07, 6.45) is 0. The summed E-state index contributed by atoms with van der Waals surface area (Å²) in [6.45, 7) is 1.90. The molecule has 3 aromatic rings. The fourth-order valence-electron chi connectivity index (χ4n) is 2.26. The molecule has 6 heteroatoms. The Hall–Kier alpha value is -2.39. The normalized spacial score (nSPS) is 10.8. The fraction of sp³-hybridized carbons (Fsp3) is 0.0667. The van der Waals surface area contributed by atoms with Crippen LogP contribution in [0.25, 0.3) is 16.7 Å². The van der Waals surface area contributed by atoms with Crippen LogP contribution < -0.4 is 5.73 Å². The van der Waals surface area contributed by atoms with E-state index in [4.69, 9.17) is 11.0 Å². The minimum atomic E-state index is -0.391. The molecule has 0 radical (unpaired) electrons. The Bertz CT molecular complexity index is 908. The molecule has 3 rings (SSSR count). The van der Waals surface area contributed by atoms with E-state index in [1.807, 2.05) is 13.0 Å². The van der Waals surface area contributed by atoms with Crippen molar-refractivity contribution in [3.8, 4) is 11.8 Å². The summed E-state index contributed by atoms with van der Waals surface area (Å²) in [7, 11) is 0. The lowest BCUT2D eigenvalue weighted by Gasteiger charge is -2.10. The molecule has 0 spiro atoms. The molecule has 21 heavy (non-hydrogen) atoms. The van der Waals surface area contributed by atoms with Crippen molar-refractivity contribution in [2.45, 2.75) is 6.92 Å². The van der Waals surface area contributed by atoms with Crippen LogP contribution in [0.5, 0.6) is 0 Å². The summed E-state index contributed by atoms with van der Waals surface area (Å²) in [6, 6.07) is 10.3. The van der Waals surface area contributed by atoms with Crippen molar-refractivity contribution >= 4 is 32.9 Å². The Morgan fingerprint density at radius 3 is 2.81 bits per heavy atom. The number of imidazole rings is 1. The third kappa shape index (κ3) is 2.16. The molecule has 0 saturated carbocycles. The second-order valence-electron chi connectivity index (χ2n) is 4.67. The average molecular weight is 345 g/mol. The number of halogens is 2. The van der Waals surface area contributed by atoms with Gasteiger partial charge in [0.15, 0.2) is 0 Å². The number of anilines is 1. The molecule has 0 aliphatic carbocycles. The lowest BCUT2D eigenvalue weighted by atomic mass is 10.1. The molecule has 0 amide bonds. The minimum absolute atomic E-state index is 0.251. The Morgan fingerprint density at radius 2 is 2.10 bits per heavy atom. The third-order valence-corrected chi connectivity index (χ3v) is 3.91. The average Bonchev–Trinajstić information content (AvgIpc) is 2.75. The van der Waals surface area contributed by atoms with Gasteiger partial charge >= 0.3 is 0 Å². The number of hydrogen-bond acceptors (Lipinski definition) is 3. The molecule has 1 aromatic heterocycles. The van der Waals surface area contributed by atoms with Crippen LogP contribution in [0.2, 0.25) is 0 Å². The number of hydrogen-bond donors (Lipinski definition) is 1. The smallest absolute Gasteiger partial charge is 0.205 e. The zero-order valence-corrected chi connectivity index (χ0v) is 12.6. The van der Waals surface area contributed by atoms with Gasteiger partial charge in [0, 0.05) is 6.07 Å². The van der Waals surface area contributed by atoms with E-state index in [2.05, 4.69) is 27.0 Å². The number of aryl methyl sites for hydroxylation is 1. The lowest BCUT2D eigenvalue weighted by Crippen LogP contribution is -2.03. The molecule has 0 aliphatic heterocycles.